The third-order valence-corrected chi connectivity index (χ3v) is 7.53. The van der Waals surface area contributed by atoms with Gasteiger partial charge in [0.15, 0.2) is 0 Å². The topological polar surface area (TPSA) is 48.8 Å². The molecule has 1 fully saturated rings. The molecular formula is C29H28Cl2N4O2. The van der Waals surface area contributed by atoms with Crippen molar-refractivity contribution in [1.29, 1.82) is 0 Å². The first kappa shape index (κ1) is 25.3. The van der Waals surface area contributed by atoms with Gasteiger partial charge in [0, 0.05) is 69.7 Å². The average Bonchev–Trinajstić information content (AvgIpc) is 3.30. The van der Waals surface area contributed by atoms with Gasteiger partial charge in [-0.25, -0.2) is 0 Å². The molecule has 1 aliphatic rings. The minimum absolute atomic E-state index is 0.0311. The number of para-hydroxylation sites is 1. The number of halogens is 2. The molecular weight excluding hydrogens is 507 g/mol. The highest BCUT2D eigenvalue weighted by atomic mass is 35.5. The van der Waals surface area contributed by atoms with Crippen LogP contribution in [0.5, 0.6) is 0 Å². The summed E-state index contributed by atoms with van der Waals surface area (Å²) >= 11 is 12.2. The Bertz CT molecular complexity index is 1450. The maximum absolute atomic E-state index is 13.6. The molecule has 3 aromatic carbocycles. The summed E-state index contributed by atoms with van der Waals surface area (Å²) in [7, 11) is 3.47. The van der Waals surface area contributed by atoms with E-state index < -0.39 is 0 Å². The number of carbonyl (C=O) groups is 2. The summed E-state index contributed by atoms with van der Waals surface area (Å²) in [6.07, 6.45) is 1.91. The molecule has 0 radical (unpaired) electrons. The van der Waals surface area contributed by atoms with Gasteiger partial charge < -0.3 is 14.4 Å². The van der Waals surface area contributed by atoms with Crippen molar-refractivity contribution in [2.45, 2.75) is 6.54 Å². The van der Waals surface area contributed by atoms with Crippen molar-refractivity contribution in [3.63, 3.8) is 0 Å². The molecule has 8 heteroatoms. The van der Waals surface area contributed by atoms with Gasteiger partial charge in [-0.2, -0.15) is 0 Å². The quantitative estimate of drug-likeness (QED) is 0.335. The monoisotopic (exact) mass is 534 g/mol. The third-order valence-electron chi connectivity index (χ3n) is 6.79. The average molecular weight is 535 g/mol. The van der Waals surface area contributed by atoms with Crippen LogP contribution in [0, 0.1) is 0 Å². The van der Waals surface area contributed by atoms with Crippen molar-refractivity contribution >= 4 is 45.9 Å². The number of aromatic nitrogens is 1. The Kier molecular flexibility index (Phi) is 7.24. The van der Waals surface area contributed by atoms with Gasteiger partial charge in [-0.3, -0.25) is 14.5 Å². The molecule has 5 rings (SSSR count). The maximum Gasteiger partial charge on any atom is 0.256 e. The van der Waals surface area contributed by atoms with Crippen molar-refractivity contribution < 1.29 is 9.59 Å². The van der Waals surface area contributed by atoms with Crippen LogP contribution >= 0.6 is 23.2 Å². The molecule has 37 heavy (non-hydrogen) atoms. The molecule has 2 amide bonds. The lowest BCUT2D eigenvalue weighted by molar-refractivity contribution is 0.0630. The summed E-state index contributed by atoms with van der Waals surface area (Å²) in [4.78, 5) is 31.7. The fraction of sp³-hybridized carbons (Fsp3) is 0.241. The van der Waals surface area contributed by atoms with E-state index >= 15 is 0 Å². The molecule has 0 unspecified atom stereocenters. The van der Waals surface area contributed by atoms with Crippen molar-refractivity contribution in [2.24, 2.45) is 0 Å². The van der Waals surface area contributed by atoms with Crippen LogP contribution in [0.4, 0.5) is 0 Å². The van der Waals surface area contributed by atoms with Crippen LogP contribution in [0.25, 0.3) is 16.6 Å². The number of hydrogen-bond acceptors (Lipinski definition) is 3. The van der Waals surface area contributed by atoms with Gasteiger partial charge >= 0.3 is 0 Å². The summed E-state index contributed by atoms with van der Waals surface area (Å²) in [5.74, 6) is -0.0124. The van der Waals surface area contributed by atoms with E-state index in [1.165, 1.54) is 0 Å². The van der Waals surface area contributed by atoms with Crippen molar-refractivity contribution in [1.82, 2.24) is 19.3 Å². The van der Waals surface area contributed by atoms with Crippen LogP contribution in [0.15, 0.2) is 72.9 Å². The number of hydrogen-bond donors (Lipinski definition) is 0. The number of carbonyl (C=O) groups excluding carboxylic acids is 2. The fourth-order valence-electron chi connectivity index (χ4n) is 4.76. The Morgan fingerprint density at radius 3 is 2.24 bits per heavy atom. The van der Waals surface area contributed by atoms with Crippen LogP contribution in [-0.4, -0.2) is 71.4 Å². The highest BCUT2D eigenvalue weighted by Gasteiger charge is 2.25. The SMILES string of the molecule is CN(C)C(=O)c1ccc(-n2cc(C(=O)N3CCN(Cc4ccc(Cl)c(Cl)c4)CC3)c3ccccc32)cc1. The molecule has 190 valence electrons. The zero-order chi connectivity index (χ0) is 26.1. The molecule has 2 heterocycles. The number of amides is 2. The zero-order valence-corrected chi connectivity index (χ0v) is 22.3. The predicted octanol–water partition coefficient (Wildman–Crippen LogP) is 5.60. The second kappa shape index (κ2) is 10.6. The first-order valence-electron chi connectivity index (χ1n) is 12.2. The first-order valence-corrected chi connectivity index (χ1v) is 12.9. The number of fused-ring (bicyclic) bond motifs is 1. The normalized spacial score (nSPS) is 14.2. The van der Waals surface area contributed by atoms with Crippen LogP contribution in [-0.2, 0) is 6.54 Å². The highest BCUT2D eigenvalue weighted by Crippen LogP contribution is 2.27. The van der Waals surface area contributed by atoms with Gasteiger partial charge in [-0.05, 0) is 48.0 Å². The predicted molar refractivity (Wildman–Crippen MR) is 149 cm³/mol. The standard InChI is InChI=1S/C29H28Cl2N4O2/c1-32(2)28(36)21-8-10-22(11-9-21)35-19-24(23-5-3-4-6-27(23)35)29(37)34-15-13-33(14-16-34)18-20-7-12-25(30)26(31)17-20/h3-12,17,19H,13-16,18H2,1-2H3. The lowest BCUT2D eigenvalue weighted by Crippen LogP contribution is -2.48. The number of benzene rings is 3. The van der Waals surface area contributed by atoms with Crippen LogP contribution in [0.3, 0.4) is 0 Å². The lowest BCUT2D eigenvalue weighted by atomic mass is 10.1. The summed E-state index contributed by atoms with van der Waals surface area (Å²) in [6.45, 7) is 3.64. The van der Waals surface area contributed by atoms with Crippen LogP contribution in [0.1, 0.15) is 26.3 Å². The van der Waals surface area contributed by atoms with E-state index in [0.29, 0.717) is 34.3 Å². The minimum atomic E-state index is -0.0434. The van der Waals surface area contributed by atoms with Gasteiger partial charge in [0.1, 0.15) is 0 Å². The second-order valence-corrected chi connectivity index (χ2v) is 10.3. The van der Waals surface area contributed by atoms with Crippen LogP contribution in [0.2, 0.25) is 10.0 Å². The van der Waals surface area contributed by atoms with Gasteiger partial charge in [0.25, 0.3) is 11.8 Å². The summed E-state index contributed by atoms with van der Waals surface area (Å²) in [5.41, 5.74) is 4.27. The highest BCUT2D eigenvalue weighted by molar-refractivity contribution is 6.42. The second-order valence-electron chi connectivity index (χ2n) is 9.49. The molecule has 0 aliphatic carbocycles. The Morgan fingerprint density at radius 2 is 1.57 bits per heavy atom. The Labute approximate surface area is 226 Å². The molecule has 0 saturated carbocycles. The molecule has 0 spiro atoms. The van der Waals surface area contributed by atoms with E-state index in [1.54, 1.807) is 19.0 Å². The van der Waals surface area contributed by atoms with Crippen molar-refractivity contribution in [3.05, 3.63) is 99.7 Å². The summed E-state index contributed by atoms with van der Waals surface area (Å²) in [5, 5.41) is 2.03. The molecule has 0 bridgehead atoms. The van der Waals surface area contributed by atoms with Crippen molar-refractivity contribution in [3.8, 4) is 5.69 Å². The zero-order valence-electron chi connectivity index (χ0n) is 20.8. The van der Waals surface area contributed by atoms with E-state index in [-0.39, 0.29) is 11.8 Å². The Morgan fingerprint density at radius 1 is 0.865 bits per heavy atom. The molecule has 1 aromatic heterocycles. The fourth-order valence-corrected chi connectivity index (χ4v) is 5.08. The summed E-state index contributed by atoms with van der Waals surface area (Å²) < 4.78 is 2.02. The first-order chi connectivity index (χ1) is 17.8. The van der Waals surface area contributed by atoms with Gasteiger partial charge in [0.2, 0.25) is 0 Å². The third kappa shape index (κ3) is 5.23. The molecule has 0 atom stereocenters. The van der Waals surface area contributed by atoms with Gasteiger partial charge in [-0.15, -0.1) is 0 Å². The van der Waals surface area contributed by atoms with Crippen LogP contribution < -0.4 is 0 Å². The minimum Gasteiger partial charge on any atom is -0.345 e. The molecule has 1 saturated heterocycles. The number of rotatable bonds is 5. The van der Waals surface area contributed by atoms with E-state index in [4.69, 9.17) is 23.2 Å². The smallest absolute Gasteiger partial charge is 0.256 e. The maximum atomic E-state index is 13.6. The largest absolute Gasteiger partial charge is 0.345 e. The Hall–Kier alpha value is -3.32. The molecule has 6 nitrogen and oxygen atoms in total. The van der Waals surface area contributed by atoms with E-state index in [0.717, 1.165) is 41.8 Å². The lowest BCUT2D eigenvalue weighted by Gasteiger charge is -2.34. The van der Waals surface area contributed by atoms with Gasteiger partial charge in [-0.1, -0.05) is 47.5 Å². The number of nitrogens with zero attached hydrogens (tertiary/aromatic N) is 4. The molecule has 1 aliphatic heterocycles. The van der Waals surface area contributed by atoms with Gasteiger partial charge in [0.05, 0.1) is 21.1 Å². The molecule has 4 aromatic rings. The summed E-state index contributed by atoms with van der Waals surface area (Å²) in [6, 6.07) is 21.1. The Balaban J connectivity index is 1.33. The molecule has 0 N–H and O–H groups in total. The van der Waals surface area contributed by atoms with E-state index in [1.807, 2.05) is 82.4 Å². The number of piperazine rings is 1. The van der Waals surface area contributed by atoms with E-state index in [9.17, 15) is 9.59 Å². The van der Waals surface area contributed by atoms with Crippen molar-refractivity contribution in [2.75, 3.05) is 40.3 Å². The van der Waals surface area contributed by atoms with E-state index in [2.05, 4.69) is 4.90 Å².